The molecule has 1 aromatic rings. The number of benzene rings is 1. The van der Waals surface area contributed by atoms with Gasteiger partial charge < -0.3 is 14.2 Å². The highest BCUT2D eigenvalue weighted by atomic mass is 32.1. The molecule has 0 N–H and O–H groups in total. The topological polar surface area (TPSA) is 44.8 Å². The molecule has 0 aliphatic rings. The van der Waals surface area contributed by atoms with Gasteiger partial charge in [0.2, 0.25) is 0 Å². The molecule has 0 unspecified atom stereocenters. The summed E-state index contributed by atoms with van der Waals surface area (Å²) in [7, 11) is 0.309. The first-order valence-electron chi connectivity index (χ1n) is 7.31. The second kappa shape index (κ2) is 8.60. The monoisotopic (exact) mass is 342 g/mol. The molecule has 22 heavy (non-hydrogen) atoms. The standard InChI is InChI=1S/C16H26O4SSi/c1-12-8-13(10-21)15(14(9-12)20-11-18-2)16(17)19-6-7-22(3,4)5/h8-9,21H,6-7,10-11H2,1-5H3. The number of rotatable bonds is 8. The molecule has 1 aromatic carbocycles. The highest BCUT2D eigenvalue weighted by molar-refractivity contribution is 7.79. The van der Waals surface area contributed by atoms with E-state index in [-0.39, 0.29) is 12.8 Å². The number of carbonyl (C=O) groups excluding carboxylic acids is 1. The third kappa shape index (κ3) is 6.02. The third-order valence-electron chi connectivity index (χ3n) is 3.12. The minimum Gasteiger partial charge on any atom is -0.467 e. The first kappa shape index (κ1) is 19.1. The Labute approximate surface area is 139 Å². The Morgan fingerprint density at radius 2 is 1.95 bits per heavy atom. The second-order valence-corrected chi connectivity index (χ2v) is 12.4. The minimum absolute atomic E-state index is 0.0879. The first-order chi connectivity index (χ1) is 10.3. The molecule has 0 amide bonds. The maximum atomic E-state index is 12.4. The summed E-state index contributed by atoms with van der Waals surface area (Å²) in [6.45, 7) is 9.23. The van der Waals surface area contributed by atoms with E-state index in [0.29, 0.717) is 23.7 Å². The van der Waals surface area contributed by atoms with E-state index in [0.717, 1.165) is 17.2 Å². The largest absolute Gasteiger partial charge is 0.467 e. The van der Waals surface area contributed by atoms with Crippen molar-refractivity contribution in [2.75, 3.05) is 20.5 Å². The summed E-state index contributed by atoms with van der Waals surface area (Å²) in [4.78, 5) is 12.4. The average Bonchev–Trinajstić information content (AvgIpc) is 2.42. The zero-order chi connectivity index (χ0) is 16.8. The van der Waals surface area contributed by atoms with Gasteiger partial charge in [-0.15, -0.1) is 0 Å². The molecule has 6 heteroatoms. The third-order valence-corrected chi connectivity index (χ3v) is 5.16. The van der Waals surface area contributed by atoms with E-state index in [2.05, 4.69) is 32.3 Å². The van der Waals surface area contributed by atoms with Crippen molar-refractivity contribution in [2.24, 2.45) is 0 Å². The summed E-state index contributed by atoms with van der Waals surface area (Å²) in [5.74, 6) is 0.584. The van der Waals surface area contributed by atoms with Crippen LogP contribution >= 0.6 is 12.6 Å². The molecule has 0 aliphatic carbocycles. The Balaban J connectivity index is 2.96. The quantitative estimate of drug-likeness (QED) is 0.337. The van der Waals surface area contributed by atoms with Crippen LogP contribution in [0.15, 0.2) is 12.1 Å². The van der Waals surface area contributed by atoms with Crippen LogP contribution in [0, 0.1) is 6.92 Å². The van der Waals surface area contributed by atoms with E-state index in [4.69, 9.17) is 14.2 Å². The fourth-order valence-corrected chi connectivity index (χ4v) is 2.90. The predicted molar refractivity (Wildman–Crippen MR) is 94.8 cm³/mol. The Morgan fingerprint density at radius 1 is 1.27 bits per heavy atom. The molecule has 1 rings (SSSR count). The van der Waals surface area contributed by atoms with Crippen LogP contribution in [-0.2, 0) is 15.2 Å². The lowest BCUT2D eigenvalue weighted by Gasteiger charge is -2.17. The van der Waals surface area contributed by atoms with Crippen molar-refractivity contribution in [3.8, 4) is 5.75 Å². The van der Waals surface area contributed by atoms with Crippen molar-refractivity contribution >= 4 is 26.7 Å². The molecule has 0 radical (unpaired) electrons. The summed E-state index contributed by atoms with van der Waals surface area (Å²) < 4.78 is 15.9. The van der Waals surface area contributed by atoms with Crippen LogP contribution in [-0.4, -0.2) is 34.6 Å². The second-order valence-electron chi connectivity index (χ2n) is 6.45. The van der Waals surface area contributed by atoms with Crippen molar-refractivity contribution in [3.05, 3.63) is 28.8 Å². The molecular formula is C16H26O4SSi. The van der Waals surface area contributed by atoms with Gasteiger partial charge in [-0.3, -0.25) is 0 Å². The van der Waals surface area contributed by atoms with E-state index < -0.39 is 8.07 Å². The molecule has 0 saturated carbocycles. The van der Waals surface area contributed by atoms with Gasteiger partial charge in [0, 0.05) is 20.9 Å². The van der Waals surface area contributed by atoms with Gasteiger partial charge >= 0.3 is 5.97 Å². The Hall–Kier alpha value is -0.983. The molecule has 124 valence electrons. The normalized spacial score (nSPS) is 11.4. The van der Waals surface area contributed by atoms with Crippen LogP contribution in [0.5, 0.6) is 5.75 Å². The average molecular weight is 343 g/mol. The van der Waals surface area contributed by atoms with Crippen molar-refractivity contribution < 1.29 is 19.0 Å². The number of ether oxygens (including phenoxy) is 3. The number of hydrogen-bond donors (Lipinski definition) is 1. The SMILES string of the molecule is COCOc1cc(C)cc(CS)c1C(=O)OCC[Si](C)(C)C. The molecule has 0 aromatic heterocycles. The molecule has 0 fully saturated rings. The van der Waals surface area contributed by atoms with Crippen molar-refractivity contribution in [1.82, 2.24) is 0 Å². The van der Waals surface area contributed by atoms with Crippen LogP contribution in [0.4, 0.5) is 0 Å². The Kier molecular flexibility index (Phi) is 7.45. The van der Waals surface area contributed by atoms with Crippen LogP contribution in [0.1, 0.15) is 21.5 Å². The van der Waals surface area contributed by atoms with Gasteiger partial charge in [-0.05, 0) is 30.2 Å². The highest BCUT2D eigenvalue weighted by Crippen LogP contribution is 2.27. The maximum Gasteiger partial charge on any atom is 0.342 e. The van der Waals surface area contributed by atoms with Gasteiger partial charge in [-0.2, -0.15) is 12.6 Å². The summed E-state index contributed by atoms with van der Waals surface area (Å²) in [5.41, 5.74) is 2.27. The number of carbonyl (C=O) groups is 1. The van der Waals surface area contributed by atoms with Gasteiger partial charge in [0.25, 0.3) is 0 Å². The molecule has 0 heterocycles. The zero-order valence-electron chi connectivity index (χ0n) is 14.1. The Bertz CT molecular complexity index is 512. The van der Waals surface area contributed by atoms with Crippen molar-refractivity contribution in [2.45, 2.75) is 38.4 Å². The smallest absolute Gasteiger partial charge is 0.342 e. The highest BCUT2D eigenvalue weighted by Gasteiger charge is 2.21. The zero-order valence-corrected chi connectivity index (χ0v) is 16.0. The summed E-state index contributed by atoms with van der Waals surface area (Å²) in [6, 6.07) is 4.69. The fraction of sp³-hybridized carbons (Fsp3) is 0.562. The molecule has 0 atom stereocenters. The molecule has 4 nitrogen and oxygen atoms in total. The van der Waals surface area contributed by atoms with Crippen LogP contribution in [0.3, 0.4) is 0 Å². The lowest BCUT2D eigenvalue weighted by Crippen LogP contribution is -2.23. The number of aryl methyl sites for hydroxylation is 1. The molecule has 0 aliphatic heterocycles. The number of thiol groups is 1. The first-order valence-corrected chi connectivity index (χ1v) is 11.7. The van der Waals surface area contributed by atoms with Crippen LogP contribution < -0.4 is 4.74 Å². The van der Waals surface area contributed by atoms with Crippen molar-refractivity contribution in [1.29, 1.82) is 0 Å². The van der Waals surface area contributed by atoms with Gasteiger partial charge in [-0.25, -0.2) is 4.79 Å². The van der Waals surface area contributed by atoms with E-state index in [1.54, 1.807) is 7.11 Å². The maximum absolute atomic E-state index is 12.4. The lowest BCUT2D eigenvalue weighted by atomic mass is 10.0. The summed E-state index contributed by atoms with van der Waals surface area (Å²) in [6.07, 6.45) is 0. The number of hydrogen-bond acceptors (Lipinski definition) is 5. The van der Waals surface area contributed by atoms with Gasteiger partial charge in [0.05, 0.1) is 6.61 Å². The van der Waals surface area contributed by atoms with E-state index >= 15 is 0 Å². The van der Waals surface area contributed by atoms with Crippen LogP contribution in [0.25, 0.3) is 0 Å². The molecule has 0 spiro atoms. The van der Waals surface area contributed by atoms with E-state index in [1.807, 2.05) is 19.1 Å². The predicted octanol–water partition coefficient (Wildman–Crippen LogP) is 3.90. The van der Waals surface area contributed by atoms with Gasteiger partial charge in [-0.1, -0.05) is 25.7 Å². The molecule has 0 saturated heterocycles. The van der Waals surface area contributed by atoms with Crippen molar-refractivity contribution in [3.63, 3.8) is 0 Å². The molecular weight excluding hydrogens is 316 g/mol. The van der Waals surface area contributed by atoms with Crippen LogP contribution in [0.2, 0.25) is 25.7 Å². The van der Waals surface area contributed by atoms with E-state index in [1.165, 1.54) is 0 Å². The summed E-state index contributed by atoms with van der Waals surface area (Å²) in [5, 5.41) is 0. The van der Waals surface area contributed by atoms with E-state index in [9.17, 15) is 4.79 Å². The summed E-state index contributed by atoms with van der Waals surface area (Å²) >= 11 is 4.31. The fourth-order valence-electron chi connectivity index (χ4n) is 1.94. The van der Waals surface area contributed by atoms with Gasteiger partial charge in [0.1, 0.15) is 11.3 Å². The molecule has 0 bridgehead atoms. The van der Waals surface area contributed by atoms with Gasteiger partial charge in [0.15, 0.2) is 6.79 Å². The number of esters is 1. The lowest BCUT2D eigenvalue weighted by molar-refractivity contribution is 0.0436. The Morgan fingerprint density at radius 3 is 2.50 bits per heavy atom. The number of methoxy groups -OCH3 is 1. The minimum atomic E-state index is -1.23.